The standard InChI is InChI=1S/C72H129NO18/c1-3-5-7-9-11-13-15-17-19-21-23-24-25-26-27-28-29-30-32-33-35-37-39-41-43-45-47-49-56(77)55(73-60(78)50-48-46-44-42-40-38-36-34-31-22-20-18-16-14-12-10-8-6-4-2)54-86-70-66(84)63(81)68(58(52-75)88-70)91-72-67(85)64(82)69(59(53-76)89-72)90-71-65(83)62(80)61(79)57(51-74)87-71/h6,8,12,14,18,20,31,34,38,40,55-59,61-72,74-77,79-85H,3-5,7,9-11,13,15-17,19,21-30,32-33,35-37,39,41-54H2,1-2H3,(H,73,78)/b8-6-,14-12-,20-18-,34-31-,40-38-. The van der Waals surface area contributed by atoms with Crippen LogP contribution in [-0.4, -0.2) is 193 Å². The van der Waals surface area contributed by atoms with Gasteiger partial charge in [-0.1, -0.05) is 254 Å². The number of hydrogen-bond donors (Lipinski definition) is 12. The SMILES string of the molecule is CC/C=C\C/C=C\C/C=C\C/C=C\C/C=C\CCCCCC(=O)NC(COC1OC(CO)C(OC2OC(CO)C(OC3OC(CO)C(O)C(O)C3O)C(O)C2O)C(O)C1O)C(O)CCCCCCCCCCCCCCCCCCCCCCCCCCCCC. The number of hydrogen-bond acceptors (Lipinski definition) is 18. The predicted octanol–water partition coefficient (Wildman–Crippen LogP) is 9.94. The van der Waals surface area contributed by atoms with Crippen LogP contribution in [0.1, 0.15) is 258 Å². The van der Waals surface area contributed by atoms with Crippen LogP contribution in [0.2, 0.25) is 0 Å². The monoisotopic (exact) mass is 1300 g/mol. The van der Waals surface area contributed by atoms with Crippen molar-refractivity contribution in [3.05, 3.63) is 60.8 Å². The van der Waals surface area contributed by atoms with Crippen molar-refractivity contribution in [1.29, 1.82) is 0 Å². The summed E-state index contributed by atoms with van der Waals surface area (Å²) in [7, 11) is 0. The van der Waals surface area contributed by atoms with Gasteiger partial charge in [0.2, 0.25) is 5.91 Å². The maximum absolute atomic E-state index is 13.4. The first kappa shape index (κ1) is 82.7. The molecule has 0 spiro atoms. The Morgan fingerprint density at radius 2 is 0.758 bits per heavy atom. The van der Waals surface area contributed by atoms with Gasteiger partial charge in [-0.2, -0.15) is 0 Å². The van der Waals surface area contributed by atoms with Gasteiger partial charge in [-0.25, -0.2) is 0 Å². The molecule has 3 heterocycles. The Morgan fingerprint density at radius 1 is 0.407 bits per heavy atom. The van der Waals surface area contributed by atoms with E-state index in [2.05, 4.69) is 79.9 Å². The fourth-order valence-electron chi connectivity index (χ4n) is 12.0. The summed E-state index contributed by atoms with van der Waals surface area (Å²) in [6, 6.07) is -0.909. The minimum atomic E-state index is -1.98. The van der Waals surface area contributed by atoms with E-state index in [0.29, 0.717) is 12.8 Å². The van der Waals surface area contributed by atoms with Gasteiger partial charge in [0.25, 0.3) is 0 Å². The lowest BCUT2D eigenvalue weighted by Gasteiger charge is -2.48. The molecule has 0 saturated carbocycles. The first-order chi connectivity index (χ1) is 44.3. The third-order valence-electron chi connectivity index (χ3n) is 17.9. The van der Waals surface area contributed by atoms with Crippen molar-refractivity contribution in [3.8, 4) is 0 Å². The van der Waals surface area contributed by atoms with Gasteiger partial charge in [0.05, 0.1) is 38.6 Å². The van der Waals surface area contributed by atoms with Crippen LogP contribution < -0.4 is 5.32 Å². The molecule has 3 saturated heterocycles. The van der Waals surface area contributed by atoms with Gasteiger partial charge in [0, 0.05) is 6.42 Å². The van der Waals surface area contributed by atoms with Crippen LogP contribution >= 0.6 is 0 Å². The molecule has 0 aromatic rings. The molecule has 3 aliphatic rings. The minimum absolute atomic E-state index is 0.225. The van der Waals surface area contributed by atoms with Crippen molar-refractivity contribution < 1.29 is 89.4 Å². The van der Waals surface area contributed by atoms with Gasteiger partial charge in [0.1, 0.15) is 73.2 Å². The van der Waals surface area contributed by atoms with Gasteiger partial charge in [-0.3, -0.25) is 4.79 Å². The summed E-state index contributed by atoms with van der Waals surface area (Å²) >= 11 is 0. The maximum atomic E-state index is 13.4. The normalized spacial score (nSPS) is 28.2. The van der Waals surface area contributed by atoms with Crippen LogP contribution in [0.25, 0.3) is 0 Å². The topological polar surface area (TPSA) is 307 Å². The highest BCUT2D eigenvalue weighted by Crippen LogP contribution is 2.33. The fraction of sp³-hybridized carbons (Fsp3) is 0.847. The van der Waals surface area contributed by atoms with E-state index in [1.165, 1.54) is 148 Å². The Morgan fingerprint density at radius 3 is 1.18 bits per heavy atom. The highest BCUT2D eigenvalue weighted by atomic mass is 16.8. The number of carbonyl (C=O) groups excluding carboxylic acids is 1. The van der Waals surface area contributed by atoms with Gasteiger partial charge in [-0.15, -0.1) is 0 Å². The van der Waals surface area contributed by atoms with Gasteiger partial charge in [0.15, 0.2) is 18.9 Å². The van der Waals surface area contributed by atoms with Crippen molar-refractivity contribution in [2.45, 2.75) is 362 Å². The Balaban J connectivity index is 1.42. The molecule has 1 amide bonds. The van der Waals surface area contributed by atoms with Crippen LogP contribution in [0.4, 0.5) is 0 Å². The van der Waals surface area contributed by atoms with E-state index in [4.69, 9.17) is 28.4 Å². The third kappa shape index (κ3) is 35.4. The van der Waals surface area contributed by atoms with E-state index in [9.17, 15) is 61.0 Å². The van der Waals surface area contributed by atoms with E-state index in [1.54, 1.807) is 0 Å². The predicted molar refractivity (Wildman–Crippen MR) is 355 cm³/mol. The van der Waals surface area contributed by atoms with Crippen molar-refractivity contribution in [1.82, 2.24) is 5.32 Å². The number of ether oxygens (including phenoxy) is 6. The summed E-state index contributed by atoms with van der Waals surface area (Å²) in [6.45, 7) is 1.68. The molecule has 0 aromatic carbocycles. The highest BCUT2D eigenvalue weighted by Gasteiger charge is 2.53. The molecule has 19 nitrogen and oxygen atoms in total. The maximum Gasteiger partial charge on any atom is 0.220 e. The molecule has 3 fully saturated rings. The van der Waals surface area contributed by atoms with Gasteiger partial charge >= 0.3 is 0 Å². The zero-order chi connectivity index (χ0) is 66.1. The summed E-state index contributed by atoms with van der Waals surface area (Å²) in [4.78, 5) is 13.4. The number of aliphatic hydroxyl groups excluding tert-OH is 11. The van der Waals surface area contributed by atoms with Crippen LogP contribution in [0.5, 0.6) is 0 Å². The lowest BCUT2D eigenvalue weighted by molar-refractivity contribution is -0.379. The minimum Gasteiger partial charge on any atom is -0.394 e. The van der Waals surface area contributed by atoms with Crippen LogP contribution in [0.15, 0.2) is 60.8 Å². The van der Waals surface area contributed by atoms with Crippen LogP contribution in [-0.2, 0) is 33.2 Å². The van der Waals surface area contributed by atoms with E-state index < -0.39 is 124 Å². The van der Waals surface area contributed by atoms with Crippen molar-refractivity contribution >= 4 is 5.91 Å². The molecule has 0 aromatic heterocycles. The number of amides is 1. The smallest absolute Gasteiger partial charge is 0.220 e. The highest BCUT2D eigenvalue weighted by molar-refractivity contribution is 5.76. The fourth-order valence-corrected chi connectivity index (χ4v) is 12.0. The molecule has 530 valence electrons. The average Bonchev–Trinajstić information content (AvgIpc) is 0.886. The lowest BCUT2D eigenvalue weighted by Crippen LogP contribution is -2.66. The summed E-state index contributed by atoms with van der Waals surface area (Å²) in [5.74, 6) is -0.273. The first-order valence-corrected chi connectivity index (χ1v) is 36.0. The number of rotatable bonds is 55. The Bertz CT molecular complexity index is 1890. The number of nitrogens with one attached hydrogen (secondary N) is 1. The van der Waals surface area contributed by atoms with Gasteiger partial charge < -0.3 is 89.9 Å². The molecule has 0 aliphatic carbocycles. The quantitative estimate of drug-likeness (QED) is 0.0199. The second kappa shape index (κ2) is 53.6. The summed E-state index contributed by atoms with van der Waals surface area (Å²) in [6.07, 6.45) is 38.8. The zero-order valence-electron chi connectivity index (χ0n) is 56.1. The Hall–Kier alpha value is -2.51. The van der Waals surface area contributed by atoms with E-state index in [-0.39, 0.29) is 18.9 Å². The second-order valence-corrected chi connectivity index (χ2v) is 25.7. The molecular weight excluding hydrogens is 1170 g/mol. The Kier molecular flexibility index (Phi) is 48.7. The molecular formula is C72H129NO18. The number of carbonyl (C=O) groups is 1. The number of aliphatic hydroxyl groups is 11. The molecule has 3 rings (SSSR count). The summed E-state index contributed by atoms with van der Waals surface area (Å²) < 4.78 is 34.4. The van der Waals surface area contributed by atoms with Crippen molar-refractivity contribution in [2.75, 3.05) is 26.4 Å². The molecule has 17 unspecified atom stereocenters. The van der Waals surface area contributed by atoms with Crippen LogP contribution in [0, 0.1) is 0 Å². The lowest BCUT2D eigenvalue weighted by atomic mass is 9.96. The number of unbranched alkanes of at least 4 members (excludes halogenated alkanes) is 29. The molecule has 19 heteroatoms. The summed E-state index contributed by atoms with van der Waals surface area (Å²) in [5.41, 5.74) is 0. The summed E-state index contributed by atoms with van der Waals surface area (Å²) in [5, 5.41) is 121. The molecule has 0 bridgehead atoms. The molecule has 0 radical (unpaired) electrons. The number of allylic oxidation sites excluding steroid dienone is 10. The van der Waals surface area contributed by atoms with E-state index >= 15 is 0 Å². The third-order valence-corrected chi connectivity index (χ3v) is 17.9. The first-order valence-electron chi connectivity index (χ1n) is 36.0. The zero-order valence-corrected chi connectivity index (χ0v) is 56.1. The second-order valence-electron chi connectivity index (χ2n) is 25.7. The average molecular weight is 1300 g/mol. The molecule has 17 atom stereocenters. The molecule has 3 aliphatic heterocycles. The molecule has 91 heavy (non-hydrogen) atoms. The van der Waals surface area contributed by atoms with E-state index in [0.717, 1.165) is 77.0 Å². The Labute approximate surface area is 547 Å². The van der Waals surface area contributed by atoms with Crippen molar-refractivity contribution in [3.63, 3.8) is 0 Å². The van der Waals surface area contributed by atoms with E-state index in [1.807, 2.05) is 0 Å². The van der Waals surface area contributed by atoms with Crippen LogP contribution in [0.3, 0.4) is 0 Å². The largest absolute Gasteiger partial charge is 0.394 e. The van der Waals surface area contributed by atoms with Crippen molar-refractivity contribution in [2.24, 2.45) is 0 Å². The van der Waals surface area contributed by atoms with Gasteiger partial charge in [-0.05, 0) is 57.8 Å². The molecule has 12 N–H and O–H groups in total.